The van der Waals surface area contributed by atoms with Crippen LogP contribution in [-0.2, 0) is 11.3 Å². The molecular formula is C14H20N2OS. The van der Waals surface area contributed by atoms with Crippen molar-refractivity contribution >= 4 is 17.7 Å². The van der Waals surface area contributed by atoms with E-state index in [1.54, 1.807) is 18.8 Å². The number of benzene rings is 1. The van der Waals surface area contributed by atoms with Crippen molar-refractivity contribution in [3.05, 3.63) is 29.8 Å². The van der Waals surface area contributed by atoms with Gasteiger partial charge in [0.05, 0.1) is 5.92 Å². The van der Waals surface area contributed by atoms with E-state index >= 15 is 0 Å². The number of nitrogens with one attached hydrogen (secondary N) is 1. The van der Waals surface area contributed by atoms with Crippen LogP contribution in [0.25, 0.3) is 0 Å². The molecule has 1 saturated heterocycles. The average molecular weight is 264 g/mol. The van der Waals surface area contributed by atoms with E-state index in [4.69, 9.17) is 0 Å². The highest BCUT2D eigenvalue weighted by Crippen LogP contribution is 2.21. The van der Waals surface area contributed by atoms with Crippen LogP contribution in [0, 0.1) is 5.92 Å². The molecule has 1 fully saturated rings. The van der Waals surface area contributed by atoms with Gasteiger partial charge in [0.25, 0.3) is 0 Å². The Labute approximate surface area is 113 Å². The van der Waals surface area contributed by atoms with Gasteiger partial charge in [0.2, 0.25) is 5.91 Å². The van der Waals surface area contributed by atoms with Crippen molar-refractivity contribution in [1.82, 2.24) is 10.2 Å². The van der Waals surface area contributed by atoms with Crippen molar-refractivity contribution in [2.24, 2.45) is 5.92 Å². The lowest BCUT2D eigenvalue weighted by Crippen LogP contribution is -2.30. The van der Waals surface area contributed by atoms with Crippen molar-refractivity contribution < 1.29 is 4.79 Å². The zero-order valence-corrected chi connectivity index (χ0v) is 11.8. The van der Waals surface area contributed by atoms with Gasteiger partial charge in [-0.1, -0.05) is 12.1 Å². The first-order chi connectivity index (χ1) is 8.72. The summed E-state index contributed by atoms with van der Waals surface area (Å²) in [7, 11) is 1.72. The number of likely N-dealkylation sites (tertiary alicyclic amines) is 1. The lowest BCUT2D eigenvalue weighted by Gasteiger charge is -2.16. The maximum Gasteiger partial charge on any atom is 0.224 e. The molecule has 18 heavy (non-hydrogen) atoms. The molecule has 0 saturated carbocycles. The van der Waals surface area contributed by atoms with Gasteiger partial charge in [-0.15, -0.1) is 11.8 Å². The zero-order chi connectivity index (χ0) is 13.0. The number of nitrogens with zero attached hydrogens (tertiary/aromatic N) is 1. The summed E-state index contributed by atoms with van der Waals surface area (Å²) in [5, 5.41) is 2.74. The van der Waals surface area contributed by atoms with Crippen LogP contribution in [0.3, 0.4) is 0 Å². The number of rotatable bonds is 4. The molecule has 1 aromatic rings. The zero-order valence-electron chi connectivity index (χ0n) is 11.0. The van der Waals surface area contributed by atoms with Gasteiger partial charge in [0, 0.05) is 25.0 Å². The molecule has 1 heterocycles. The van der Waals surface area contributed by atoms with E-state index in [-0.39, 0.29) is 11.8 Å². The Morgan fingerprint density at radius 1 is 1.56 bits per heavy atom. The number of carbonyl (C=O) groups excluding carboxylic acids is 1. The summed E-state index contributed by atoms with van der Waals surface area (Å²) in [6.45, 7) is 2.84. The van der Waals surface area contributed by atoms with Crippen LogP contribution in [-0.4, -0.2) is 37.2 Å². The maximum atomic E-state index is 11.6. The lowest BCUT2D eigenvalue weighted by molar-refractivity contribution is -0.124. The Hall–Kier alpha value is -1.00. The SMILES string of the molecule is CNC(=O)C1CCN(Cc2cccc(SC)c2)C1. The van der Waals surface area contributed by atoms with Gasteiger partial charge in [-0.2, -0.15) is 0 Å². The predicted molar refractivity (Wildman–Crippen MR) is 75.7 cm³/mol. The van der Waals surface area contributed by atoms with E-state index in [1.807, 2.05) is 0 Å². The summed E-state index contributed by atoms with van der Waals surface area (Å²) in [6.07, 6.45) is 3.07. The highest BCUT2D eigenvalue weighted by Gasteiger charge is 2.27. The van der Waals surface area contributed by atoms with Gasteiger partial charge < -0.3 is 5.32 Å². The third-order valence-corrected chi connectivity index (χ3v) is 4.16. The molecule has 0 radical (unpaired) electrons. The van der Waals surface area contributed by atoms with Crippen LogP contribution >= 0.6 is 11.8 Å². The molecule has 0 aliphatic carbocycles. The number of thioether (sulfide) groups is 1. The van der Waals surface area contributed by atoms with E-state index in [2.05, 4.69) is 40.7 Å². The number of amides is 1. The Kier molecular flexibility index (Phi) is 4.66. The predicted octanol–water partition coefficient (Wildman–Crippen LogP) is 1.98. The Morgan fingerprint density at radius 2 is 2.39 bits per heavy atom. The van der Waals surface area contributed by atoms with Crippen LogP contribution in [0.5, 0.6) is 0 Å². The summed E-state index contributed by atoms with van der Waals surface area (Å²) in [4.78, 5) is 15.2. The van der Waals surface area contributed by atoms with Gasteiger partial charge in [-0.25, -0.2) is 0 Å². The molecular weight excluding hydrogens is 244 g/mol. The van der Waals surface area contributed by atoms with Gasteiger partial charge in [-0.3, -0.25) is 9.69 Å². The summed E-state index contributed by atoms with van der Waals surface area (Å²) in [5.41, 5.74) is 1.33. The molecule has 4 heteroatoms. The molecule has 0 bridgehead atoms. The molecule has 1 aliphatic heterocycles. The van der Waals surface area contributed by atoms with Gasteiger partial charge >= 0.3 is 0 Å². The van der Waals surface area contributed by atoms with E-state index in [9.17, 15) is 4.79 Å². The molecule has 98 valence electrons. The van der Waals surface area contributed by atoms with Crippen molar-refractivity contribution in [2.75, 3.05) is 26.4 Å². The number of hydrogen-bond donors (Lipinski definition) is 1. The highest BCUT2D eigenvalue weighted by atomic mass is 32.2. The molecule has 1 atom stereocenters. The van der Waals surface area contributed by atoms with E-state index in [0.717, 1.165) is 26.1 Å². The highest BCUT2D eigenvalue weighted by molar-refractivity contribution is 7.98. The second-order valence-corrected chi connectivity index (χ2v) is 5.57. The molecule has 1 aromatic carbocycles. The van der Waals surface area contributed by atoms with Crippen molar-refractivity contribution in [3.63, 3.8) is 0 Å². The summed E-state index contributed by atoms with van der Waals surface area (Å²) in [6, 6.07) is 8.63. The Balaban J connectivity index is 1.92. The molecule has 1 amide bonds. The minimum absolute atomic E-state index is 0.165. The fourth-order valence-electron chi connectivity index (χ4n) is 2.42. The lowest BCUT2D eigenvalue weighted by atomic mass is 10.1. The van der Waals surface area contributed by atoms with E-state index < -0.39 is 0 Å². The average Bonchev–Trinajstić information content (AvgIpc) is 2.86. The first-order valence-corrected chi connectivity index (χ1v) is 7.52. The van der Waals surface area contributed by atoms with Gasteiger partial charge in [-0.05, 0) is 36.9 Å². The first-order valence-electron chi connectivity index (χ1n) is 6.30. The molecule has 2 rings (SSSR count). The number of hydrogen-bond acceptors (Lipinski definition) is 3. The Bertz CT molecular complexity index is 422. The third-order valence-electron chi connectivity index (χ3n) is 3.43. The van der Waals surface area contributed by atoms with Crippen LogP contribution in [0.1, 0.15) is 12.0 Å². The van der Waals surface area contributed by atoms with Crippen LogP contribution < -0.4 is 5.32 Å². The molecule has 1 aliphatic rings. The summed E-state index contributed by atoms with van der Waals surface area (Å²) < 4.78 is 0. The fourth-order valence-corrected chi connectivity index (χ4v) is 2.91. The monoisotopic (exact) mass is 264 g/mol. The molecule has 0 aromatic heterocycles. The van der Waals surface area contributed by atoms with Crippen molar-refractivity contribution in [1.29, 1.82) is 0 Å². The van der Waals surface area contributed by atoms with Crippen molar-refractivity contribution in [2.45, 2.75) is 17.9 Å². The standard InChI is InChI=1S/C14H20N2OS/c1-15-14(17)12-6-7-16(10-12)9-11-4-3-5-13(8-11)18-2/h3-5,8,12H,6-7,9-10H2,1-2H3,(H,15,17). The fraction of sp³-hybridized carbons (Fsp3) is 0.500. The van der Waals surface area contributed by atoms with E-state index in [1.165, 1.54) is 10.5 Å². The maximum absolute atomic E-state index is 11.6. The normalized spacial score (nSPS) is 20.0. The van der Waals surface area contributed by atoms with Gasteiger partial charge in [0.15, 0.2) is 0 Å². The van der Waals surface area contributed by atoms with Gasteiger partial charge in [0.1, 0.15) is 0 Å². The third kappa shape index (κ3) is 3.27. The van der Waals surface area contributed by atoms with Crippen LogP contribution in [0.4, 0.5) is 0 Å². The van der Waals surface area contributed by atoms with E-state index in [0.29, 0.717) is 0 Å². The minimum atomic E-state index is 0.165. The molecule has 0 spiro atoms. The largest absolute Gasteiger partial charge is 0.359 e. The molecule has 1 unspecified atom stereocenters. The molecule has 3 nitrogen and oxygen atoms in total. The summed E-state index contributed by atoms with van der Waals surface area (Å²) >= 11 is 1.77. The second kappa shape index (κ2) is 6.25. The molecule has 1 N–H and O–H groups in total. The second-order valence-electron chi connectivity index (χ2n) is 4.69. The number of carbonyl (C=O) groups is 1. The van der Waals surface area contributed by atoms with Crippen LogP contribution in [0.15, 0.2) is 29.2 Å². The Morgan fingerprint density at radius 3 is 3.11 bits per heavy atom. The quantitative estimate of drug-likeness (QED) is 0.844. The van der Waals surface area contributed by atoms with Crippen molar-refractivity contribution in [3.8, 4) is 0 Å². The van der Waals surface area contributed by atoms with Crippen LogP contribution in [0.2, 0.25) is 0 Å². The topological polar surface area (TPSA) is 32.3 Å². The minimum Gasteiger partial charge on any atom is -0.359 e. The first kappa shape index (κ1) is 13.4. The smallest absolute Gasteiger partial charge is 0.224 e. The summed E-state index contributed by atoms with van der Waals surface area (Å²) in [5.74, 6) is 0.342.